The van der Waals surface area contributed by atoms with Crippen molar-refractivity contribution in [3.8, 4) is 0 Å². The molecule has 1 fully saturated rings. The van der Waals surface area contributed by atoms with Crippen LogP contribution in [0.4, 0.5) is 25.0 Å². The van der Waals surface area contributed by atoms with Gasteiger partial charge in [0.25, 0.3) is 5.91 Å². The number of carbonyl (C=O) groups excluding carboxylic acids is 2. The average Bonchev–Trinajstić information content (AvgIpc) is 2.80. The SMILES string of the molecule is C[C@@H](c1ccccc1)N1CCCN(c2ccccc2NC(=O)c2c(F)cccc2F)C1=O. The molecule has 0 saturated carbocycles. The Balaban J connectivity index is 1.60. The maximum absolute atomic E-state index is 14.1. The van der Waals surface area contributed by atoms with E-state index in [2.05, 4.69) is 5.32 Å². The van der Waals surface area contributed by atoms with Crippen molar-refractivity contribution in [3.05, 3.63) is 95.6 Å². The molecule has 1 aliphatic heterocycles. The lowest BCUT2D eigenvalue weighted by Crippen LogP contribution is -2.50. The van der Waals surface area contributed by atoms with Gasteiger partial charge in [0.15, 0.2) is 0 Å². The highest BCUT2D eigenvalue weighted by atomic mass is 19.1. The Bertz CT molecular complexity index is 1120. The summed E-state index contributed by atoms with van der Waals surface area (Å²) in [5.74, 6) is -2.80. The zero-order chi connectivity index (χ0) is 22.7. The van der Waals surface area contributed by atoms with Gasteiger partial charge in [-0.25, -0.2) is 13.6 Å². The molecule has 3 aromatic rings. The first-order chi connectivity index (χ1) is 15.5. The normalized spacial score (nSPS) is 14.9. The molecule has 32 heavy (non-hydrogen) atoms. The van der Waals surface area contributed by atoms with Crippen LogP contribution in [0.5, 0.6) is 0 Å². The minimum atomic E-state index is -0.947. The van der Waals surface area contributed by atoms with Crippen molar-refractivity contribution in [2.75, 3.05) is 23.3 Å². The fraction of sp³-hybridized carbons (Fsp3) is 0.200. The fourth-order valence-electron chi connectivity index (χ4n) is 3.95. The van der Waals surface area contributed by atoms with E-state index in [1.165, 1.54) is 6.07 Å². The number of para-hydroxylation sites is 2. The third kappa shape index (κ3) is 4.19. The zero-order valence-corrected chi connectivity index (χ0v) is 17.6. The Kier molecular flexibility index (Phi) is 6.16. The van der Waals surface area contributed by atoms with Crippen LogP contribution in [0, 0.1) is 11.6 Å². The first kappa shape index (κ1) is 21.5. The van der Waals surface area contributed by atoms with E-state index in [1.54, 1.807) is 34.1 Å². The Morgan fingerprint density at radius 1 is 0.906 bits per heavy atom. The predicted molar refractivity (Wildman–Crippen MR) is 120 cm³/mol. The van der Waals surface area contributed by atoms with Crippen molar-refractivity contribution in [2.24, 2.45) is 0 Å². The van der Waals surface area contributed by atoms with Crippen molar-refractivity contribution in [1.82, 2.24) is 4.90 Å². The second-order valence-electron chi connectivity index (χ2n) is 7.64. The molecule has 0 unspecified atom stereocenters. The van der Waals surface area contributed by atoms with Gasteiger partial charge in [0.1, 0.15) is 17.2 Å². The van der Waals surface area contributed by atoms with Crippen LogP contribution >= 0.6 is 0 Å². The summed E-state index contributed by atoms with van der Waals surface area (Å²) in [6.07, 6.45) is 0.743. The van der Waals surface area contributed by atoms with Crippen LogP contribution in [-0.2, 0) is 0 Å². The van der Waals surface area contributed by atoms with E-state index in [4.69, 9.17) is 0 Å². The molecule has 0 bridgehead atoms. The lowest BCUT2D eigenvalue weighted by Gasteiger charge is -2.39. The molecule has 0 radical (unpaired) electrons. The van der Waals surface area contributed by atoms with Gasteiger partial charge in [0.2, 0.25) is 0 Å². The summed E-state index contributed by atoms with van der Waals surface area (Å²) in [5.41, 5.74) is 1.15. The van der Waals surface area contributed by atoms with Crippen LogP contribution in [0.2, 0.25) is 0 Å². The number of halogens is 2. The van der Waals surface area contributed by atoms with Gasteiger partial charge in [-0.15, -0.1) is 0 Å². The quantitative estimate of drug-likeness (QED) is 0.566. The Morgan fingerprint density at radius 3 is 2.28 bits per heavy atom. The number of hydrogen-bond donors (Lipinski definition) is 1. The fourth-order valence-corrected chi connectivity index (χ4v) is 3.95. The molecule has 0 spiro atoms. The molecule has 1 aliphatic rings. The molecule has 1 atom stereocenters. The number of nitrogens with one attached hydrogen (secondary N) is 1. The van der Waals surface area contributed by atoms with Crippen molar-refractivity contribution >= 4 is 23.3 Å². The molecule has 3 aromatic carbocycles. The van der Waals surface area contributed by atoms with Gasteiger partial charge in [-0.05, 0) is 43.2 Å². The van der Waals surface area contributed by atoms with Crippen molar-refractivity contribution in [3.63, 3.8) is 0 Å². The molecular formula is C25H23F2N3O2. The van der Waals surface area contributed by atoms with Crippen LogP contribution in [0.1, 0.15) is 35.3 Å². The third-order valence-corrected chi connectivity index (χ3v) is 5.64. The number of anilines is 2. The number of rotatable bonds is 5. The second-order valence-corrected chi connectivity index (χ2v) is 7.64. The number of hydrogen-bond acceptors (Lipinski definition) is 2. The first-order valence-electron chi connectivity index (χ1n) is 10.4. The van der Waals surface area contributed by atoms with Crippen molar-refractivity contribution in [1.29, 1.82) is 0 Å². The topological polar surface area (TPSA) is 52.6 Å². The maximum Gasteiger partial charge on any atom is 0.325 e. The molecule has 0 aromatic heterocycles. The molecule has 0 aliphatic carbocycles. The standard InChI is InChI=1S/C25H23F2N3O2/c1-17(18-9-3-2-4-10-18)29-15-8-16-30(25(29)32)22-14-6-5-13-21(22)28-24(31)23-19(26)11-7-12-20(23)27/h2-7,9-14,17H,8,15-16H2,1H3,(H,28,31)/t17-/m0/s1. The van der Waals surface area contributed by atoms with Crippen LogP contribution < -0.4 is 10.2 Å². The highest BCUT2D eigenvalue weighted by Crippen LogP contribution is 2.32. The van der Waals surface area contributed by atoms with E-state index in [1.807, 2.05) is 37.3 Å². The molecule has 1 saturated heterocycles. The average molecular weight is 435 g/mol. The van der Waals surface area contributed by atoms with Crippen LogP contribution in [-0.4, -0.2) is 29.9 Å². The summed E-state index contributed by atoms with van der Waals surface area (Å²) in [4.78, 5) is 29.4. The van der Waals surface area contributed by atoms with Gasteiger partial charge >= 0.3 is 6.03 Å². The van der Waals surface area contributed by atoms with Gasteiger partial charge in [-0.1, -0.05) is 48.5 Å². The first-order valence-corrected chi connectivity index (χ1v) is 10.4. The Morgan fingerprint density at radius 2 is 1.56 bits per heavy atom. The largest absolute Gasteiger partial charge is 0.325 e. The Hall–Kier alpha value is -3.74. The molecule has 1 N–H and O–H groups in total. The van der Waals surface area contributed by atoms with E-state index in [0.29, 0.717) is 24.5 Å². The summed E-state index contributed by atoms with van der Waals surface area (Å²) >= 11 is 0. The van der Waals surface area contributed by atoms with E-state index >= 15 is 0 Å². The van der Waals surface area contributed by atoms with Crippen LogP contribution in [0.3, 0.4) is 0 Å². The predicted octanol–water partition coefficient (Wildman–Crippen LogP) is 5.61. The molecule has 5 nitrogen and oxygen atoms in total. The smallest absolute Gasteiger partial charge is 0.320 e. The van der Waals surface area contributed by atoms with Gasteiger partial charge in [0, 0.05) is 13.1 Å². The molecule has 164 valence electrons. The molecule has 3 amide bonds. The minimum Gasteiger partial charge on any atom is -0.320 e. The monoisotopic (exact) mass is 435 g/mol. The highest BCUT2D eigenvalue weighted by molar-refractivity contribution is 6.08. The number of benzene rings is 3. The van der Waals surface area contributed by atoms with Gasteiger partial charge in [-0.2, -0.15) is 0 Å². The summed E-state index contributed by atoms with van der Waals surface area (Å²) in [6, 6.07) is 19.5. The van der Waals surface area contributed by atoms with Crippen LogP contribution in [0.25, 0.3) is 0 Å². The number of carbonyl (C=O) groups is 2. The second kappa shape index (κ2) is 9.18. The lowest BCUT2D eigenvalue weighted by molar-refractivity contribution is 0.101. The molecule has 1 heterocycles. The van der Waals surface area contributed by atoms with E-state index in [9.17, 15) is 18.4 Å². The van der Waals surface area contributed by atoms with E-state index < -0.39 is 23.1 Å². The molecule has 4 rings (SSSR count). The summed E-state index contributed by atoms with van der Waals surface area (Å²) in [6.45, 7) is 3.06. The highest BCUT2D eigenvalue weighted by Gasteiger charge is 2.32. The lowest BCUT2D eigenvalue weighted by atomic mass is 10.1. The number of amides is 3. The van der Waals surface area contributed by atoms with Crippen molar-refractivity contribution in [2.45, 2.75) is 19.4 Å². The zero-order valence-electron chi connectivity index (χ0n) is 17.6. The molecular weight excluding hydrogens is 412 g/mol. The summed E-state index contributed by atoms with van der Waals surface area (Å²) < 4.78 is 28.1. The van der Waals surface area contributed by atoms with Crippen molar-refractivity contribution < 1.29 is 18.4 Å². The van der Waals surface area contributed by atoms with E-state index in [0.717, 1.165) is 24.1 Å². The van der Waals surface area contributed by atoms with E-state index in [-0.39, 0.29) is 12.1 Å². The number of urea groups is 1. The maximum atomic E-state index is 14.1. The summed E-state index contributed by atoms with van der Waals surface area (Å²) in [7, 11) is 0. The van der Waals surface area contributed by atoms with Gasteiger partial charge in [-0.3, -0.25) is 9.69 Å². The molecule has 7 heteroatoms. The Labute approximate surface area is 185 Å². The van der Waals surface area contributed by atoms with Gasteiger partial charge < -0.3 is 10.2 Å². The third-order valence-electron chi connectivity index (χ3n) is 5.64. The number of nitrogens with zero attached hydrogens (tertiary/aromatic N) is 2. The minimum absolute atomic E-state index is 0.124. The summed E-state index contributed by atoms with van der Waals surface area (Å²) in [5, 5.41) is 2.57. The van der Waals surface area contributed by atoms with Gasteiger partial charge in [0.05, 0.1) is 17.4 Å². The van der Waals surface area contributed by atoms with Crippen LogP contribution in [0.15, 0.2) is 72.8 Å².